The minimum Gasteiger partial charge on any atom is -0.493 e. The van der Waals surface area contributed by atoms with Crippen LogP contribution < -0.4 is 20.1 Å². The Kier molecular flexibility index (Phi) is 7.52. The van der Waals surface area contributed by atoms with Crippen LogP contribution in [-0.4, -0.2) is 45.4 Å². The molecule has 1 saturated heterocycles. The van der Waals surface area contributed by atoms with E-state index >= 15 is 0 Å². The summed E-state index contributed by atoms with van der Waals surface area (Å²) in [4.78, 5) is 12.2. The van der Waals surface area contributed by atoms with Gasteiger partial charge in [-0.2, -0.15) is 0 Å². The number of rotatable bonds is 8. The molecule has 6 nitrogen and oxygen atoms in total. The molecule has 0 saturated carbocycles. The Hall–Kier alpha value is -1.79. The normalized spacial score (nSPS) is 18.7. The van der Waals surface area contributed by atoms with E-state index < -0.39 is 0 Å². The Bertz CT molecular complexity index is 556. The second-order valence-electron chi connectivity index (χ2n) is 6.83. The van der Waals surface area contributed by atoms with Crippen LogP contribution in [-0.2, 0) is 9.53 Å². The molecule has 1 aromatic carbocycles. The number of ether oxygens (including phenoxy) is 3. The molecule has 1 aromatic rings. The fourth-order valence-corrected chi connectivity index (χ4v) is 2.69. The van der Waals surface area contributed by atoms with E-state index in [0.717, 1.165) is 17.9 Å². The van der Waals surface area contributed by atoms with Gasteiger partial charge in [-0.25, -0.2) is 0 Å². The molecule has 6 heteroatoms. The highest BCUT2D eigenvalue weighted by atomic mass is 16.5. The zero-order valence-corrected chi connectivity index (χ0v) is 15.6. The van der Waals surface area contributed by atoms with Crippen molar-refractivity contribution in [2.24, 2.45) is 5.92 Å². The van der Waals surface area contributed by atoms with Gasteiger partial charge in [0.15, 0.2) is 11.5 Å². The van der Waals surface area contributed by atoms with E-state index in [9.17, 15) is 4.79 Å². The van der Waals surface area contributed by atoms with Crippen LogP contribution in [0.4, 0.5) is 0 Å². The number of carbonyl (C=O) groups is 1. The van der Waals surface area contributed by atoms with Crippen LogP contribution in [0.1, 0.15) is 38.8 Å². The van der Waals surface area contributed by atoms with Crippen LogP contribution in [0.2, 0.25) is 0 Å². The lowest BCUT2D eigenvalue weighted by Gasteiger charge is -2.24. The summed E-state index contributed by atoms with van der Waals surface area (Å²) < 4.78 is 16.6. The summed E-state index contributed by atoms with van der Waals surface area (Å²) in [6, 6.07) is 5.76. The molecule has 2 N–H and O–H groups in total. The SMILES string of the molecule is COc1cc(C(C)NC(=O)CC2COCCN2)ccc1OCC(C)C. The smallest absolute Gasteiger partial charge is 0.222 e. The van der Waals surface area contributed by atoms with Crippen molar-refractivity contribution in [3.8, 4) is 11.5 Å². The summed E-state index contributed by atoms with van der Waals surface area (Å²) in [7, 11) is 1.62. The highest BCUT2D eigenvalue weighted by Gasteiger charge is 2.19. The fourth-order valence-electron chi connectivity index (χ4n) is 2.69. The summed E-state index contributed by atoms with van der Waals surface area (Å²) in [5.74, 6) is 1.86. The Morgan fingerprint density at radius 2 is 2.16 bits per heavy atom. The molecule has 0 radical (unpaired) electrons. The molecule has 2 atom stereocenters. The lowest BCUT2D eigenvalue weighted by atomic mass is 10.1. The van der Waals surface area contributed by atoms with Gasteiger partial charge in [-0.15, -0.1) is 0 Å². The second-order valence-corrected chi connectivity index (χ2v) is 6.83. The lowest BCUT2D eigenvalue weighted by Crippen LogP contribution is -2.44. The number of carbonyl (C=O) groups excluding carboxylic acids is 1. The van der Waals surface area contributed by atoms with E-state index in [1.807, 2.05) is 25.1 Å². The van der Waals surface area contributed by atoms with E-state index in [1.54, 1.807) is 7.11 Å². The minimum atomic E-state index is -0.106. The average Bonchev–Trinajstić information content (AvgIpc) is 2.60. The number of morpholine rings is 1. The zero-order chi connectivity index (χ0) is 18.2. The Morgan fingerprint density at radius 3 is 2.80 bits per heavy atom. The zero-order valence-electron chi connectivity index (χ0n) is 15.6. The molecule has 1 aliphatic heterocycles. The van der Waals surface area contributed by atoms with E-state index in [-0.39, 0.29) is 18.0 Å². The first-order valence-corrected chi connectivity index (χ1v) is 8.90. The van der Waals surface area contributed by atoms with Crippen LogP contribution in [0.25, 0.3) is 0 Å². The van der Waals surface area contributed by atoms with Crippen molar-refractivity contribution in [3.63, 3.8) is 0 Å². The number of methoxy groups -OCH3 is 1. The predicted molar refractivity (Wildman–Crippen MR) is 97.1 cm³/mol. The van der Waals surface area contributed by atoms with Gasteiger partial charge in [0.25, 0.3) is 0 Å². The number of hydrogen-bond acceptors (Lipinski definition) is 5. The van der Waals surface area contributed by atoms with Crippen LogP contribution in [0.3, 0.4) is 0 Å². The molecule has 1 fully saturated rings. The third-order valence-corrected chi connectivity index (χ3v) is 4.07. The van der Waals surface area contributed by atoms with Gasteiger partial charge in [-0.1, -0.05) is 19.9 Å². The molecule has 2 unspecified atom stereocenters. The van der Waals surface area contributed by atoms with Crippen molar-refractivity contribution in [1.29, 1.82) is 0 Å². The first-order valence-electron chi connectivity index (χ1n) is 8.90. The maximum atomic E-state index is 12.2. The van der Waals surface area contributed by atoms with E-state index in [4.69, 9.17) is 14.2 Å². The van der Waals surface area contributed by atoms with Crippen molar-refractivity contribution in [1.82, 2.24) is 10.6 Å². The molecule has 0 aliphatic carbocycles. The van der Waals surface area contributed by atoms with Crippen LogP contribution in [0, 0.1) is 5.92 Å². The van der Waals surface area contributed by atoms with Gasteiger partial charge >= 0.3 is 0 Å². The molecule has 140 valence electrons. The van der Waals surface area contributed by atoms with E-state index in [2.05, 4.69) is 24.5 Å². The van der Waals surface area contributed by atoms with Gasteiger partial charge < -0.3 is 24.8 Å². The molecule has 25 heavy (non-hydrogen) atoms. The number of nitrogens with one attached hydrogen (secondary N) is 2. The summed E-state index contributed by atoms with van der Waals surface area (Å²) >= 11 is 0. The first-order chi connectivity index (χ1) is 12.0. The molecule has 1 aliphatic rings. The second kappa shape index (κ2) is 9.63. The maximum absolute atomic E-state index is 12.2. The predicted octanol–water partition coefficient (Wildman–Crippen LogP) is 2.29. The highest BCUT2D eigenvalue weighted by Crippen LogP contribution is 2.30. The molecular weight excluding hydrogens is 320 g/mol. The third kappa shape index (κ3) is 6.21. The Labute approximate surface area is 150 Å². The van der Waals surface area contributed by atoms with Gasteiger partial charge in [0.05, 0.1) is 33.0 Å². The van der Waals surface area contributed by atoms with Crippen LogP contribution >= 0.6 is 0 Å². The molecule has 2 rings (SSSR count). The van der Waals surface area contributed by atoms with Gasteiger partial charge in [0.1, 0.15) is 0 Å². The molecule has 0 aromatic heterocycles. The monoisotopic (exact) mass is 350 g/mol. The molecule has 0 spiro atoms. The minimum absolute atomic E-state index is 0.00889. The molecule has 0 bridgehead atoms. The lowest BCUT2D eigenvalue weighted by molar-refractivity contribution is -0.122. The number of amides is 1. The topological polar surface area (TPSA) is 68.8 Å². The highest BCUT2D eigenvalue weighted by molar-refractivity contribution is 5.77. The van der Waals surface area contributed by atoms with Crippen LogP contribution in [0.5, 0.6) is 11.5 Å². The van der Waals surface area contributed by atoms with Gasteiger partial charge in [0, 0.05) is 19.0 Å². The van der Waals surface area contributed by atoms with Crippen molar-refractivity contribution in [3.05, 3.63) is 23.8 Å². The summed E-state index contributed by atoms with van der Waals surface area (Å²) in [5, 5.41) is 6.32. The average molecular weight is 350 g/mol. The summed E-state index contributed by atoms with van der Waals surface area (Å²) in [6.45, 7) is 8.89. The Balaban J connectivity index is 1.93. The first kappa shape index (κ1) is 19.5. The molecular formula is C19H30N2O4. The molecule has 1 heterocycles. The van der Waals surface area contributed by atoms with Crippen molar-refractivity contribution in [2.45, 2.75) is 39.3 Å². The van der Waals surface area contributed by atoms with Crippen molar-refractivity contribution >= 4 is 5.91 Å². The van der Waals surface area contributed by atoms with Crippen molar-refractivity contribution in [2.75, 3.05) is 33.5 Å². The fraction of sp³-hybridized carbons (Fsp3) is 0.632. The van der Waals surface area contributed by atoms with Crippen molar-refractivity contribution < 1.29 is 19.0 Å². The standard InChI is InChI=1S/C19H30N2O4/c1-13(2)11-25-17-6-5-15(9-18(17)23-4)14(3)21-19(22)10-16-12-24-8-7-20-16/h5-6,9,13-14,16,20H,7-8,10-12H2,1-4H3,(H,21,22). The number of hydrogen-bond donors (Lipinski definition) is 2. The van der Waals surface area contributed by atoms with Gasteiger partial charge in [-0.05, 0) is 30.5 Å². The quantitative estimate of drug-likeness (QED) is 0.753. The van der Waals surface area contributed by atoms with Gasteiger partial charge in [0.2, 0.25) is 5.91 Å². The number of benzene rings is 1. The largest absolute Gasteiger partial charge is 0.493 e. The summed E-state index contributed by atoms with van der Waals surface area (Å²) in [6.07, 6.45) is 0.414. The van der Waals surface area contributed by atoms with E-state index in [1.165, 1.54) is 0 Å². The summed E-state index contributed by atoms with van der Waals surface area (Å²) in [5.41, 5.74) is 0.981. The van der Waals surface area contributed by atoms with Gasteiger partial charge in [-0.3, -0.25) is 4.79 Å². The third-order valence-electron chi connectivity index (χ3n) is 4.07. The molecule has 1 amide bonds. The van der Waals surface area contributed by atoms with E-state index in [0.29, 0.717) is 37.9 Å². The Morgan fingerprint density at radius 1 is 1.36 bits per heavy atom. The maximum Gasteiger partial charge on any atom is 0.222 e. The van der Waals surface area contributed by atoms with Crippen LogP contribution in [0.15, 0.2) is 18.2 Å².